The zero-order chi connectivity index (χ0) is 38.2. The van der Waals surface area contributed by atoms with Crippen LogP contribution < -0.4 is 4.90 Å². The van der Waals surface area contributed by atoms with Crippen LogP contribution in [0, 0.1) is 0 Å². The van der Waals surface area contributed by atoms with Crippen LogP contribution in [-0.4, -0.2) is 4.57 Å². The first-order valence-electron chi connectivity index (χ1n) is 19.7. The van der Waals surface area contributed by atoms with Gasteiger partial charge < -0.3 is 18.3 Å². The van der Waals surface area contributed by atoms with Gasteiger partial charge in [0.2, 0.25) is 0 Å². The molecule has 9 aromatic carbocycles. The molecule has 0 aliphatic rings. The van der Waals surface area contributed by atoms with E-state index in [9.17, 15) is 0 Å². The lowest BCUT2D eigenvalue weighted by Gasteiger charge is -2.28. The third kappa shape index (κ3) is 5.09. The fraction of sp³-hybridized carbons (Fsp3) is 0. The summed E-state index contributed by atoms with van der Waals surface area (Å²) < 4.78 is 15.4. The summed E-state index contributed by atoms with van der Waals surface area (Å²) >= 11 is 0. The fourth-order valence-electron chi connectivity index (χ4n) is 8.88. The molecular formula is C54H34N2O2. The van der Waals surface area contributed by atoms with Crippen molar-refractivity contribution in [2.45, 2.75) is 0 Å². The smallest absolute Gasteiger partial charge is 0.137 e. The molecule has 3 heterocycles. The molecule has 12 rings (SSSR count). The highest BCUT2D eigenvalue weighted by molar-refractivity contribution is 6.14. The number of furan rings is 2. The summed E-state index contributed by atoms with van der Waals surface area (Å²) in [6, 6.07) is 73.3. The number of aromatic nitrogens is 1. The van der Waals surface area contributed by atoms with Crippen LogP contribution in [0.5, 0.6) is 0 Å². The largest absolute Gasteiger partial charge is 0.456 e. The Kier molecular flexibility index (Phi) is 7.20. The van der Waals surface area contributed by atoms with Crippen LogP contribution in [0.2, 0.25) is 0 Å². The third-order valence-corrected chi connectivity index (χ3v) is 11.6. The standard InChI is InChI=1S/C54H34N2O2/c1-3-13-35(14-4-1)36-23-26-39(27-24-36)55(40-28-30-45-43-19-9-12-22-52(43)58-54(45)32-40)49-34-50-47(41-17-7-10-20-48(41)56(50)38-15-5-2-6-16-38)33-46(49)37-25-29-44-42-18-8-11-21-51(42)57-53(44)31-37/h1-34H. The maximum atomic E-state index is 6.53. The van der Waals surface area contributed by atoms with Gasteiger partial charge in [-0.2, -0.15) is 0 Å². The predicted molar refractivity (Wildman–Crippen MR) is 241 cm³/mol. The van der Waals surface area contributed by atoms with E-state index >= 15 is 0 Å². The average molecular weight is 743 g/mol. The highest BCUT2D eigenvalue weighted by Crippen LogP contribution is 2.47. The fourth-order valence-corrected chi connectivity index (χ4v) is 8.88. The number of fused-ring (bicyclic) bond motifs is 9. The van der Waals surface area contributed by atoms with Crippen LogP contribution in [0.25, 0.3) is 93.6 Å². The first kappa shape index (κ1) is 32.4. The summed E-state index contributed by atoms with van der Waals surface area (Å²) in [6.07, 6.45) is 0. The lowest BCUT2D eigenvalue weighted by Crippen LogP contribution is -2.11. The van der Waals surface area contributed by atoms with Crippen molar-refractivity contribution in [3.05, 3.63) is 206 Å². The van der Waals surface area contributed by atoms with Crippen molar-refractivity contribution in [2.75, 3.05) is 4.90 Å². The molecule has 0 aliphatic carbocycles. The summed E-state index contributed by atoms with van der Waals surface area (Å²) in [5.41, 5.74) is 14.4. The molecule has 0 N–H and O–H groups in total. The molecule has 0 aliphatic heterocycles. The van der Waals surface area contributed by atoms with E-state index < -0.39 is 0 Å². The topological polar surface area (TPSA) is 34.5 Å². The highest BCUT2D eigenvalue weighted by Gasteiger charge is 2.24. The molecule has 12 aromatic rings. The van der Waals surface area contributed by atoms with E-state index in [2.05, 4.69) is 191 Å². The van der Waals surface area contributed by atoms with Gasteiger partial charge in [-0.3, -0.25) is 0 Å². The van der Waals surface area contributed by atoms with Gasteiger partial charge in [-0.05, 0) is 95.6 Å². The second-order valence-electron chi connectivity index (χ2n) is 14.9. The number of para-hydroxylation sites is 4. The van der Waals surface area contributed by atoms with Gasteiger partial charge in [0.1, 0.15) is 22.3 Å². The summed E-state index contributed by atoms with van der Waals surface area (Å²) in [5.74, 6) is 0. The number of rotatable bonds is 6. The molecule has 0 bridgehead atoms. The molecule has 0 unspecified atom stereocenters. The van der Waals surface area contributed by atoms with Gasteiger partial charge in [-0.15, -0.1) is 0 Å². The lowest BCUT2D eigenvalue weighted by atomic mass is 9.97. The van der Waals surface area contributed by atoms with Crippen LogP contribution >= 0.6 is 0 Å². The number of anilines is 3. The van der Waals surface area contributed by atoms with E-state index in [1.54, 1.807) is 0 Å². The van der Waals surface area contributed by atoms with E-state index in [4.69, 9.17) is 8.83 Å². The molecule has 0 amide bonds. The maximum absolute atomic E-state index is 6.53. The van der Waals surface area contributed by atoms with Crippen molar-refractivity contribution >= 4 is 82.7 Å². The maximum Gasteiger partial charge on any atom is 0.137 e. The Labute approximate surface area is 334 Å². The minimum absolute atomic E-state index is 0.842. The molecule has 0 saturated heterocycles. The molecule has 0 spiro atoms. The Bertz CT molecular complexity index is 3500. The van der Waals surface area contributed by atoms with Crippen LogP contribution in [0.4, 0.5) is 17.1 Å². The lowest BCUT2D eigenvalue weighted by molar-refractivity contribution is 0.668. The SMILES string of the molecule is c1ccc(-c2ccc(N(c3ccc4c(c3)oc3ccccc34)c3cc4c(cc3-c3ccc5c(c3)oc3ccccc35)c3ccccc3n4-c3ccccc3)cc2)cc1. The quantitative estimate of drug-likeness (QED) is 0.170. The van der Waals surface area contributed by atoms with Crippen molar-refractivity contribution in [2.24, 2.45) is 0 Å². The highest BCUT2D eigenvalue weighted by atomic mass is 16.3. The van der Waals surface area contributed by atoms with Crippen LogP contribution in [-0.2, 0) is 0 Å². The number of benzene rings is 9. The van der Waals surface area contributed by atoms with E-state index in [0.29, 0.717) is 0 Å². The van der Waals surface area contributed by atoms with Crippen molar-refractivity contribution in [1.29, 1.82) is 0 Å². The number of hydrogen-bond donors (Lipinski definition) is 0. The zero-order valence-electron chi connectivity index (χ0n) is 31.3. The zero-order valence-corrected chi connectivity index (χ0v) is 31.3. The monoisotopic (exact) mass is 742 g/mol. The molecule has 0 radical (unpaired) electrons. The van der Waals surface area contributed by atoms with Crippen molar-refractivity contribution in [3.63, 3.8) is 0 Å². The number of nitrogens with zero attached hydrogens (tertiary/aromatic N) is 2. The van der Waals surface area contributed by atoms with Gasteiger partial charge in [0, 0.05) is 61.0 Å². The van der Waals surface area contributed by atoms with E-state index in [1.807, 2.05) is 24.3 Å². The molecule has 0 atom stereocenters. The van der Waals surface area contributed by atoms with Crippen molar-refractivity contribution in [1.82, 2.24) is 4.57 Å². The molecule has 0 fully saturated rings. The van der Waals surface area contributed by atoms with Crippen LogP contribution in [0.1, 0.15) is 0 Å². The van der Waals surface area contributed by atoms with E-state index in [0.717, 1.165) is 94.4 Å². The molecule has 4 nitrogen and oxygen atoms in total. The third-order valence-electron chi connectivity index (χ3n) is 11.6. The molecule has 3 aromatic heterocycles. The second kappa shape index (κ2) is 12.9. The Hall–Kier alpha value is -7.82. The van der Waals surface area contributed by atoms with Crippen LogP contribution in [0.15, 0.2) is 215 Å². The van der Waals surface area contributed by atoms with Gasteiger partial charge in [-0.1, -0.05) is 121 Å². The van der Waals surface area contributed by atoms with Gasteiger partial charge in [0.25, 0.3) is 0 Å². The Morgan fingerprint density at radius 1 is 0.328 bits per heavy atom. The van der Waals surface area contributed by atoms with Crippen LogP contribution in [0.3, 0.4) is 0 Å². The molecule has 4 heteroatoms. The Morgan fingerprint density at radius 3 is 1.59 bits per heavy atom. The number of hydrogen-bond acceptors (Lipinski definition) is 3. The second-order valence-corrected chi connectivity index (χ2v) is 14.9. The van der Waals surface area contributed by atoms with Gasteiger partial charge in [0.15, 0.2) is 0 Å². The van der Waals surface area contributed by atoms with Gasteiger partial charge in [0.05, 0.1) is 16.7 Å². The summed E-state index contributed by atoms with van der Waals surface area (Å²) in [6.45, 7) is 0. The van der Waals surface area contributed by atoms with E-state index in [1.165, 1.54) is 16.3 Å². The first-order chi connectivity index (χ1) is 28.7. The minimum atomic E-state index is 0.842. The predicted octanol–water partition coefficient (Wildman–Crippen LogP) is 15.4. The summed E-state index contributed by atoms with van der Waals surface area (Å²) in [7, 11) is 0. The van der Waals surface area contributed by atoms with E-state index in [-0.39, 0.29) is 0 Å². The summed E-state index contributed by atoms with van der Waals surface area (Å²) in [5, 5.41) is 6.79. The first-order valence-corrected chi connectivity index (χ1v) is 19.7. The molecular weight excluding hydrogens is 709 g/mol. The van der Waals surface area contributed by atoms with Gasteiger partial charge >= 0.3 is 0 Å². The Morgan fingerprint density at radius 2 is 0.862 bits per heavy atom. The minimum Gasteiger partial charge on any atom is -0.456 e. The molecule has 272 valence electrons. The summed E-state index contributed by atoms with van der Waals surface area (Å²) in [4.78, 5) is 2.38. The average Bonchev–Trinajstić information content (AvgIpc) is 3.96. The molecule has 0 saturated carbocycles. The normalized spacial score (nSPS) is 11.8. The molecule has 58 heavy (non-hydrogen) atoms. The van der Waals surface area contributed by atoms with Crippen molar-refractivity contribution < 1.29 is 8.83 Å². The Balaban J connectivity index is 1.17. The van der Waals surface area contributed by atoms with Gasteiger partial charge in [-0.25, -0.2) is 0 Å². The van der Waals surface area contributed by atoms with Crippen molar-refractivity contribution in [3.8, 4) is 27.9 Å².